The Kier molecular flexibility index (Phi) is 4.42. The van der Waals surface area contributed by atoms with Crippen LogP contribution >= 0.6 is 11.3 Å². The molecule has 0 radical (unpaired) electrons. The minimum Gasteiger partial charge on any atom is -0.391 e. The Morgan fingerprint density at radius 2 is 2.28 bits per heavy atom. The number of hydrogen-bond acceptors (Lipinski definition) is 4. The molecule has 1 aromatic heterocycles. The van der Waals surface area contributed by atoms with Gasteiger partial charge in [-0.05, 0) is 30.2 Å². The molecule has 1 unspecified atom stereocenters. The van der Waals surface area contributed by atoms with E-state index in [0.717, 1.165) is 12.8 Å². The zero-order valence-electron chi connectivity index (χ0n) is 10.4. The van der Waals surface area contributed by atoms with Crippen molar-refractivity contribution in [1.29, 1.82) is 0 Å². The van der Waals surface area contributed by atoms with E-state index in [1.54, 1.807) is 11.4 Å². The average molecular weight is 289 g/mol. The van der Waals surface area contributed by atoms with Crippen LogP contribution in [-0.4, -0.2) is 19.6 Å². The lowest BCUT2D eigenvalue weighted by atomic mass is 10.1. The van der Waals surface area contributed by atoms with Gasteiger partial charge in [-0.2, -0.15) is 0 Å². The number of rotatable bonds is 7. The zero-order valence-corrected chi connectivity index (χ0v) is 12.1. The monoisotopic (exact) mass is 289 g/mol. The van der Waals surface area contributed by atoms with E-state index in [4.69, 9.17) is 5.11 Å². The first-order valence-electron chi connectivity index (χ1n) is 6.26. The molecule has 0 aliphatic heterocycles. The molecule has 0 spiro atoms. The van der Waals surface area contributed by atoms with E-state index in [1.807, 2.05) is 6.92 Å². The van der Waals surface area contributed by atoms with Crippen LogP contribution in [0.15, 0.2) is 16.3 Å². The van der Waals surface area contributed by atoms with Gasteiger partial charge in [0.2, 0.25) is 10.0 Å². The van der Waals surface area contributed by atoms with Crippen molar-refractivity contribution in [2.45, 2.75) is 50.2 Å². The molecular weight excluding hydrogens is 270 g/mol. The SMILES string of the molecule is CCC(CC1CC1)NS(=O)(=O)c1ccsc1CO. The molecule has 1 saturated carbocycles. The first-order chi connectivity index (χ1) is 8.56. The second-order valence-electron chi connectivity index (χ2n) is 4.77. The molecule has 2 rings (SSSR count). The highest BCUT2D eigenvalue weighted by atomic mass is 32.2. The lowest BCUT2D eigenvalue weighted by Crippen LogP contribution is -2.35. The molecule has 1 aliphatic rings. The van der Waals surface area contributed by atoms with Crippen LogP contribution in [0.4, 0.5) is 0 Å². The second kappa shape index (κ2) is 5.69. The molecule has 1 heterocycles. The highest BCUT2D eigenvalue weighted by molar-refractivity contribution is 7.89. The van der Waals surface area contributed by atoms with Crippen LogP contribution in [0.2, 0.25) is 0 Å². The van der Waals surface area contributed by atoms with Gasteiger partial charge in [-0.25, -0.2) is 13.1 Å². The fourth-order valence-corrected chi connectivity index (χ4v) is 4.65. The van der Waals surface area contributed by atoms with Crippen LogP contribution in [0.3, 0.4) is 0 Å². The van der Waals surface area contributed by atoms with Crippen LogP contribution in [0.1, 0.15) is 37.5 Å². The van der Waals surface area contributed by atoms with Gasteiger partial charge in [0.15, 0.2) is 0 Å². The van der Waals surface area contributed by atoms with Crippen molar-refractivity contribution in [3.63, 3.8) is 0 Å². The number of aliphatic hydroxyl groups is 1. The molecule has 18 heavy (non-hydrogen) atoms. The van der Waals surface area contributed by atoms with Gasteiger partial charge >= 0.3 is 0 Å². The van der Waals surface area contributed by atoms with Crippen molar-refractivity contribution in [1.82, 2.24) is 4.72 Å². The Balaban J connectivity index is 2.09. The molecule has 2 N–H and O–H groups in total. The Bertz CT molecular complexity index is 491. The van der Waals surface area contributed by atoms with E-state index >= 15 is 0 Å². The van der Waals surface area contributed by atoms with Crippen LogP contribution in [0.5, 0.6) is 0 Å². The van der Waals surface area contributed by atoms with E-state index in [-0.39, 0.29) is 17.5 Å². The summed E-state index contributed by atoms with van der Waals surface area (Å²) >= 11 is 1.27. The summed E-state index contributed by atoms with van der Waals surface area (Å²) in [5.74, 6) is 0.692. The van der Waals surface area contributed by atoms with Crippen LogP contribution < -0.4 is 4.72 Å². The van der Waals surface area contributed by atoms with Gasteiger partial charge in [-0.1, -0.05) is 19.8 Å². The Hall–Kier alpha value is -0.430. The Morgan fingerprint density at radius 3 is 2.83 bits per heavy atom. The molecule has 4 nitrogen and oxygen atoms in total. The van der Waals surface area contributed by atoms with Gasteiger partial charge in [0.1, 0.15) is 0 Å². The summed E-state index contributed by atoms with van der Waals surface area (Å²) in [6.45, 7) is 1.77. The number of aliphatic hydroxyl groups excluding tert-OH is 1. The molecule has 0 amide bonds. The van der Waals surface area contributed by atoms with Crippen molar-refractivity contribution in [2.75, 3.05) is 0 Å². The van der Waals surface area contributed by atoms with E-state index in [9.17, 15) is 8.42 Å². The van der Waals surface area contributed by atoms with Gasteiger partial charge in [0.25, 0.3) is 0 Å². The van der Waals surface area contributed by atoms with Crippen LogP contribution in [0, 0.1) is 5.92 Å². The maximum Gasteiger partial charge on any atom is 0.242 e. The van der Waals surface area contributed by atoms with Crippen molar-refractivity contribution < 1.29 is 13.5 Å². The molecule has 0 bridgehead atoms. The number of hydrogen-bond donors (Lipinski definition) is 2. The molecule has 102 valence electrons. The summed E-state index contributed by atoms with van der Waals surface area (Å²) in [6.07, 6.45) is 4.17. The van der Waals surface area contributed by atoms with E-state index in [0.29, 0.717) is 10.8 Å². The highest BCUT2D eigenvalue weighted by Crippen LogP contribution is 2.34. The first-order valence-corrected chi connectivity index (χ1v) is 8.62. The van der Waals surface area contributed by atoms with Crippen molar-refractivity contribution in [3.8, 4) is 0 Å². The zero-order chi connectivity index (χ0) is 13.2. The fourth-order valence-electron chi connectivity index (χ4n) is 2.02. The predicted octanol–water partition coefficient (Wildman–Crippen LogP) is 2.10. The summed E-state index contributed by atoms with van der Waals surface area (Å²) in [7, 11) is -3.49. The van der Waals surface area contributed by atoms with Gasteiger partial charge in [0.05, 0.1) is 11.5 Å². The van der Waals surface area contributed by atoms with Crippen molar-refractivity contribution in [2.24, 2.45) is 5.92 Å². The normalized spacial score (nSPS) is 17.9. The minimum absolute atomic E-state index is 0.00828. The smallest absolute Gasteiger partial charge is 0.242 e. The highest BCUT2D eigenvalue weighted by Gasteiger charge is 2.28. The number of thiophene rings is 1. The van der Waals surface area contributed by atoms with Crippen LogP contribution in [-0.2, 0) is 16.6 Å². The van der Waals surface area contributed by atoms with Crippen molar-refractivity contribution in [3.05, 3.63) is 16.3 Å². The third-order valence-electron chi connectivity index (χ3n) is 3.27. The lowest BCUT2D eigenvalue weighted by Gasteiger charge is -2.16. The molecule has 0 saturated heterocycles. The Morgan fingerprint density at radius 1 is 1.56 bits per heavy atom. The Labute approximate surface area is 112 Å². The molecule has 1 atom stereocenters. The molecule has 6 heteroatoms. The van der Waals surface area contributed by atoms with E-state index in [2.05, 4.69) is 4.72 Å². The number of sulfonamides is 1. The fraction of sp³-hybridized carbons (Fsp3) is 0.667. The third kappa shape index (κ3) is 3.32. The topological polar surface area (TPSA) is 66.4 Å². The molecule has 1 aliphatic carbocycles. The predicted molar refractivity (Wildman–Crippen MR) is 72.0 cm³/mol. The summed E-state index contributed by atoms with van der Waals surface area (Å²) in [6, 6.07) is 1.57. The van der Waals surface area contributed by atoms with Gasteiger partial charge in [-0.15, -0.1) is 11.3 Å². The van der Waals surface area contributed by atoms with E-state index in [1.165, 1.54) is 24.2 Å². The molecule has 1 aromatic rings. The summed E-state index contributed by atoms with van der Waals surface area (Å²) in [4.78, 5) is 0.730. The lowest BCUT2D eigenvalue weighted by molar-refractivity contribution is 0.282. The quantitative estimate of drug-likeness (QED) is 0.808. The molecule has 0 aromatic carbocycles. The second-order valence-corrected chi connectivity index (χ2v) is 7.45. The minimum atomic E-state index is -3.49. The molecular formula is C12H19NO3S2. The molecule has 1 fully saturated rings. The van der Waals surface area contributed by atoms with Gasteiger partial charge < -0.3 is 5.11 Å². The van der Waals surface area contributed by atoms with Gasteiger partial charge in [0, 0.05) is 10.9 Å². The number of nitrogens with one attached hydrogen (secondary N) is 1. The van der Waals surface area contributed by atoms with Crippen molar-refractivity contribution >= 4 is 21.4 Å². The summed E-state index contributed by atoms with van der Waals surface area (Å²) < 4.78 is 27.2. The standard InChI is InChI=1S/C12H19NO3S2/c1-2-10(7-9-3-4-9)13-18(15,16)12-5-6-17-11(12)8-14/h5-6,9-10,13-14H,2-4,7-8H2,1H3. The summed E-state index contributed by atoms with van der Waals surface area (Å²) in [5.41, 5.74) is 0. The maximum absolute atomic E-state index is 12.2. The van der Waals surface area contributed by atoms with Gasteiger partial charge in [-0.3, -0.25) is 0 Å². The average Bonchev–Trinajstić information content (AvgIpc) is 3.01. The largest absolute Gasteiger partial charge is 0.391 e. The first kappa shape index (κ1) is 14.0. The summed E-state index contributed by atoms with van der Waals surface area (Å²) in [5, 5.41) is 10.8. The third-order valence-corrected chi connectivity index (χ3v) is 5.91. The maximum atomic E-state index is 12.2. The van der Waals surface area contributed by atoms with Crippen LogP contribution in [0.25, 0.3) is 0 Å². The van der Waals surface area contributed by atoms with E-state index < -0.39 is 10.0 Å².